The van der Waals surface area contributed by atoms with Gasteiger partial charge in [-0.2, -0.15) is 0 Å². The molecule has 5 nitrogen and oxygen atoms in total. The topological polar surface area (TPSA) is 66.8 Å². The summed E-state index contributed by atoms with van der Waals surface area (Å²) in [7, 11) is 0. The molecule has 0 saturated carbocycles. The predicted octanol–water partition coefficient (Wildman–Crippen LogP) is 0.483. The number of rotatable bonds is 2. The molecule has 2 rings (SSSR count). The monoisotopic (exact) mass is 273 g/mol. The van der Waals surface area contributed by atoms with Gasteiger partial charge in [-0.25, -0.2) is 4.90 Å². The number of carbonyl (C=O) groups excluding carboxylic acids is 2. The van der Waals surface area contributed by atoms with Crippen LogP contribution in [0.15, 0.2) is 18.2 Å². The Morgan fingerprint density at radius 3 is 2.60 bits per heavy atom. The number of anilines is 1. The number of hydrogen-bond acceptors (Lipinski definition) is 4. The third-order valence-electron chi connectivity index (χ3n) is 2.96. The molecular weight excluding hydrogens is 258 g/mol. The highest BCUT2D eigenvalue weighted by molar-refractivity contribution is 6.17. The summed E-state index contributed by atoms with van der Waals surface area (Å²) in [6.07, 6.45) is 0.669. The van der Waals surface area contributed by atoms with Crippen LogP contribution < -0.4 is 4.90 Å². The van der Waals surface area contributed by atoms with E-state index in [0.29, 0.717) is 12.1 Å². The van der Waals surface area contributed by atoms with Crippen molar-refractivity contribution < 1.29 is 19.4 Å². The van der Waals surface area contributed by atoms with Crippen molar-refractivity contribution in [2.75, 3.05) is 24.7 Å². The lowest BCUT2D eigenvalue weighted by Crippen LogP contribution is -2.46. The normalized spacial score (nSPS) is 15.0. The third kappa shape index (κ3) is 2.87. The molecule has 1 saturated heterocycles. The summed E-state index contributed by atoms with van der Waals surface area (Å²) < 4.78 is 4.91. The molecule has 1 N–H and O–H groups in total. The summed E-state index contributed by atoms with van der Waals surface area (Å²) in [5, 5.41) is 8.70. The lowest BCUT2D eigenvalue weighted by molar-refractivity contribution is -0.138. The number of benzene rings is 1. The molecule has 1 aromatic carbocycles. The molecule has 20 heavy (non-hydrogen) atoms. The zero-order valence-electron chi connectivity index (χ0n) is 11.2. The number of aliphatic hydroxyl groups is 1. The molecule has 0 radical (unpaired) electrons. The Kier molecular flexibility index (Phi) is 4.51. The van der Waals surface area contributed by atoms with Crippen molar-refractivity contribution in [1.29, 1.82) is 0 Å². The number of nitrogens with zero attached hydrogens (tertiary/aromatic N) is 1. The third-order valence-corrected chi connectivity index (χ3v) is 2.96. The largest absolute Gasteiger partial charge is 0.384 e. The van der Waals surface area contributed by atoms with Gasteiger partial charge in [0.15, 0.2) is 0 Å². The van der Waals surface area contributed by atoms with Gasteiger partial charge in [-0.1, -0.05) is 18.8 Å². The van der Waals surface area contributed by atoms with E-state index in [4.69, 9.17) is 9.84 Å². The fourth-order valence-electron chi connectivity index (χ4n) is 2.07. The van der Waals surface area contributed by atoms with Crippen LogP contribution in [-0.4, -0.2) is 36.7 Å². The van der Waals surface area contributed by atoms with E-state index in [1.165, 1.54) is 4.90 Å². The van der Waals surface area contributed by atoms with E-state index in [0.717, 1.165) is 11.1 Å². The van der Waals surface area contributed by atoms with E-state index in [1.807, 2.05) is 13.0 Å². The molecular formula is C15H15NO4. The van der Waals surface area contributed by atoms with Gasteiger partial charge in [0.1, 0.15) is 19.8 Å². The van der Waals surface area contributed by atoms with Crippen molar-refractivity contribution in [3.8, 4) is 11.8 Å². The van der Waals surface area contributed by atoms with Crippen molar-refractivity contribution in [3.63, 3.8) is 0 Å². The van der Waals surface area contributed by atoms with Gasteiger partial charge in [-0.3, -0.25) is 9.59 Å². The smallest absolute Gasteiger partial charge is 0.259 e. The summed E-state index contributed by atoms with van der Waals surface area (Å²) in [5.41, 5.74) is 2.19. The van der Waals surface area contributed by atoms with E-state index in [1.54, 1.807) is 12.1 Å². The number of hydrogen-bond donors (Lipinski definition) is 1. The summed E-state index contributed by atoms with van der Waals surface area (Å²) in [6.45, 7) is 1.57. The summed E-state index contributed by atoms with van der Waals surface area (Å²) >= 11 is 0. The van der Waals surface area contributed by atoms with Gasteiger partial charge in [0, 0.05) is 5.56 Å². The molecule has 0 aliphatic carbocycles. The standard InChI is InChI=1S/C15H15NO4/c1-2-12-8-11(4-3-7-17)5-6-13(12)16-14(18)9-20-10-15(16)19/h5-6,8,17H,2,7,9-10H2,1H3. The number of morpholine rings is 1. The first-order valence-corrected chi connectivity index (χ1v) is 6.33. The average Bonchev–Trinajstić information content (AvgIpc) is 2.45. The SMILES string of the molecule is CCc1cc(C#CCO)ccc1N1C(=O)COCC1=O. The lowest BCUT2D eigenvalue weighted by atomic mass is 10.0. The van der Waals surface area contributed by atoms with Crippen LogP contribution in [0, 0.1) is 11.8 Å². The minimum absolute atomic E-state index is 0.0824. The van der Waals surface area contributed by atoms with Gasteiger partial charge in [-0.05, 0) is 30.2 Å². The second-order valence-electron chi connectivity index (χ2n) is 4.27. The van der Waals surface area contributed by atoms with Crippen molar-refractivity contribution in [3.05, 3.63) is 29.3 Å². The molecule has 104 valence electrons. The second-order valence-corrected chi connectivity index (χ2v) is 4.27. The molecule has 1 aromatic rings. The van der Waals surface area contributed by atoms with E-state index < -0.39 is 0 Å². The Bertz CT molecular complexity index is 582. The fourth-order valence-corrected chi connectivity index (χ4v) is 2.07. The minimum atomic E-state index is -0.356. The van der Waals surface area contributed by atoms with Gasteiger partial charge in [0.2, 0.25) is 0 Å². The quantitative estimate of drug-likeness (QED) is 0.629. The highest BCUT2D eigenvalue weighted by Crippen LogP contribution is 2.24. The van der Waals surface area contributed by atoms with Gasteiger partial charge in [0.05, 0.1) is 5.69 Å². The molecule has 0 atom stereocenters. The van der Waals surface area contributed by atoms with E-state index in [-0.39, 0.29) is 31.6 Å². The molecule has 5 heteroatoms. The summed E-state index contributed by atoms with van der Waals surface area (Å²) in [6, 6.07) is 5.27. The van der Waals surface area contributed by atoms with E-state index in [9.17, 15) is 9.59 Å². The zero-order valence-corrected chi connectivity index (χ0v) is 11.2. The average molecular weight is 273 g/mol. The molecule has 1 heterocycles. The van der Waals surface area contributed by atoms with Crippen molar-refractivity contribution in [2.24, 2.45) is 0 Å². The van der Waals surface area contributed by atoms with Crippen LogP contribution in [0.25, 0.3) is 0 Å². The molecule has 0 aromatic heterocycles. The van der Waals surface area contributed by atoms with Gasteiger partial charge in [-0.15, -0.1) is 0 Å². The highest BCUT2D eigenvalue weighted by atomic mass is 16.5. The lowest BCUT2D eigenvalue weighted by Gasteiger charge is -2.26. The molecule has 1 fully saturated rings. The summed E-state index contributed by atoms with van der Waals surface area (Å²) in [4.78, 5) is 24.9. The van der Waals surface area contributed by atoms with Crippen LogP contribution in [0.5, 0.6) is 0 Å². The first-order chi connectivity index (χ1) is 9.67. The van der Waals surface area contributed by atoms with E-state index in [2.05, 4.69) is 11.8 Å². The first kappa shape index (κ1) is 14.3. The number of imide groups is 1. The summed E-state index contributed by atoms with van der Waals surface area (Å²) in [5.74, 6) is 4.67. The van der Waals surface area contributed by atoms with E-state index >= 15 is 0 Å². The number of ether oxygens (including phenoxy) is 1. The molecule has 0 bridgehead atoms. The molecule has 2 amide bonds. The fraction of sp³-hybridized carbons (Fsp3) is 0.333. The van der Waals surface area contributed by atoms with Crippen molar-refractivity contribution in [2.45, 2.75) is 13.3 Å². The minimum Gasteiger partial charge on any atom is -0.384 e. The van der Waals surface area contributed by atoms with Crippen LogP contribution in [-0.2, 0) is 20.7 Å². The second kappa shape index (κ2) is 6.33. The van der Waals surface area contributed by atoms with Crippen molar-refractivity contribution in [1.82, 2.24) is 0 Å². The number of amides is 2. The Hall–Kier alpha value is -2.16. The molecule has 1 aliphatic rings. The maximum Gasteiger partial charge on any atom is 0.259 e. The van der Waals surface area contributed by atoms with Gasteiger partial charge in [0.25, 0.3) is 11.8 Å². The molecule has 1 aliphatic heterocycles. The Balaban J connectivity index is 2.40. The number of aliphatic hydroxyl groups excluding tert-OH is 1. The van der Waals surface area contributed by atoms with Crippen LogP contribution in [0.1, 0.15) is 18.1 Å². The van der Waals surface area contributed by atoms with Crippen molar-refractivity contribution >= 4 is 17.5 Å². The van der Waals surface area contributed by atoms with Crippen LogP contribution in [0.3, 0.4) is 0 Å². The Morgan fingerprint density at radius 1 is 1.30 bits per heavy atom. The molecule has 0 unspecified atom stereocenters. The maximum absolute atomic E-state index is 11.8. The van der Waals surface area contributed by atoms with Crippen LogP contribution >= 0.6 is 0 Å². The Labute approximate surface area is 117 Å². The predicted molar refractivity (Wildman–Crippen MR) is 73.1 cm³/mol. The Morgan fingerprint density at radius 2 is 2.00 bits per heavy atom. The zero-order chi connectivity index (χ0) is 14.5. The van der Waals surface area contributed by atoms with Crippen LogP contribution in [0.2, 0.25) is 0 Å². The van der Waals surface area contributed by atoms with Crippen LogP contribution in [0.4, 0.5) is 5.69 Å². The van der Waals surface area contributed by atoms with Gasteiger partial charge >= 0.3 is 0 Å². The highest BCUT2D eigenvalue weighted by Gasteiger charge is 2.29. The number of carbonyl (C=O) groups is 2. The first-order valence-electron chi connectivity index (χ1n) is 6.33. The maximum atomic E-state index is 11.8. The number of aryl methyl sites for hydroxylation is 1. The molecule has 0 spiro atoms. The van der Waals surface area contributed by atoms with Gasteiger partial charge < -0.3 is 9.84 Å².